The van der Waals surface area contributed by atoms with Crippen LogP contribution < -0.4 is 14.9 Å². The molecule has 0 aliphatic rings. The number of carbonyl (C=O) groups is 2. The van der Waals surface area contributed by atoms with Crippen molar-refractivity contribution in [3.05, 3.63) is 83.4 Å². The molecule has 0 bridgehead atoms. The number of aryl methyl sites for hydroxylation is 3. The summed E-state index contributed by atoms with van der Waals surface area (Å²) in [5, 5.41) is 5.38. The van der Waals surface area contributed by atoms with Crippen molar-refractivity contribution in [1.82, 2.24) is 0 Å². The molecule has 0 aliphatic carbocycles. The summed E-state index contributed by atoms with van der Waals surface area (Å²) in [5.74, 6) is -0.686. The van der Waals surface area contributed by atoms with Crippen molar-refractivity contribution in [3.8, 4) is 0 Å². The van der Waals surface area contributed by atoms with Gasteiger partial charge in [0.15, 0.2) is 0 Å². The van der Waals surface area contributed by atoms with Crippen molar-refractivity contribution < 1.29 is 18.0 Å². The number of benzene rings is 3. The standard InChI is InChI=1S/C25H27N3O4S/c1-17-5-11-24(12-6-17)33(31,32)28(23-14-18(2)13-19(3)15-23)16-25(30)27-22-9-7-21(8-10-22)26-20(4)29/h5-15H,16H2,1-4H3,(H,26,29)(H,27,30). The van der Waals surface area contributed by atoms with Gasteiger partial charge in [0.25, 0.3) is 10.0 Å². The van der Waals surface area contributed by atoms with E-state index < -0.39 is 22.5 Å². The van der Waals surface area contributed by atoms with Gasteiger partial charge >= 0.3 is 0 Å². The Kier molecular flexibility index (Phi) is 7.18. The van der Waals surface area contributed by atoms with E-state index >= 15 is 0 Å². The molecule has 0 radical (unpaired) electrons. The minimum absolute atomic E-state index is 0.111. The highest BCUT2D eigenvalue weighted by molar-refractivity contribution is 7.92. The Morgan fingerprint density at radius 3 is 1.79 bits per heavy atom. The van der Waals surface area contributed by atoms with E-state index in [-0.39, 0.29) is 10.8 Å². The van der Waals surface area contributed by atoms with Gasteiger partial charge in [-0.2, -0.15) is 0 Å². The van der Waals surface area contributed by atoms with Crippen LogP contribution in [-0.4, -0.2) is 26.8 Å². The summed E-state index contributed by atoms with van der Waals surface area (Å²) < 4.78 is 28.1. The molecule has 8 heteroatoms. The van der Waals surface area contributed by atoms with Gasteiger partial charge in [0.1, 0.15) is 6.54 Å². The number of amides is 2. The molecule has 0 atom stereocenters. The van der Waals surface area contributed by atoms with Crippen molar-refractivity contribution in [2.24, 2.45) is 0 Å². The van der Waals surface area contributed by atoms with Gasteiger partial charge in [-0.15, -0.1) is 0 Å². The largest absolute Gasteiger partial charge is 0.326 e. The van der Waals surface area contributed by atoms with Gasteiger partial charge in [-0.1, -0.05) is 23.8 Å². The Morgan fingerprint density at radius 2 is 1.27 bits per heavy atom. The highest BCUT2D eigenvalue weighted by Crippen LogP contribution is 2.26. The lowest BCUT2D eigenvalue weighted by atomic mass is 10.1. The Balaban J connectivity index is 1.90. The molecule has 0 fully saturated rings. The highest BCUT2D eigenvalue weighted by atomic mass is 32.2. The number of nitrogens with one attached hydrogen (secondary N) is 2. The normalized spacial score (nSPS) is 11.0. The summed E-state index contributed by atoms with van der Waals surface area (Å²) in [5.41, 5.74) is 4.23. The van der Waals surface area contributed by atoms with E-state index in [1.165, 1.54) is 6.92 Å². The number of anilines is 3. The van der Waals surface area contributed by atoms with Crippen LogP contribution in [-0.2, 0) is 19.6 Å². The molecule has 7 nitrogen and oxygen atoms in total. The predicted molar refractivity (Wildman–Crippen MR) is 131 cm³/mol. The maximum absolute atomic E-state index is 13.5. The molecule has 0 spiro atoms. The number of hydrogen-bond acceptors (Lipinski definition) is 4. The molecule has 172 valence electrons. The zero-order valence-electron chi connectivity index (χ0n) is 19.0. The lowest BCUT2D eigenvalue weighted by molar-refractivity contribution is -0.115. The molecule has 0 aliphatic heterocycles. The second-order valence-corrected chi connectivity index (χ2v) is 9.84. The fourth-order valence-corrected chi connectivity index (χ4v) is 4.82. The Bertz CT molecular complexity index is 1250. The Morgan fingerprint density at radius 1 is 0.758 bits per heavy atom. The molecule has 3 aromatic rings. The molecule has 0 unspecified atom stereocenters. The van der Waals surface area contributed by atoms with Crippen LogP contribution in [0.2, 0.25) is 0 Å². The van der Waals surface area contributed by atoms with Crippen molar-refractivity contribution in [3.63, 3.8) is 0 Å². The smallest absolute Gasteiger partial charge is 0.264 e. The summed E-state index contributed by atoms with van der Waals surface area (Å²) >= 11 is 0. The highest BCUT2D eigenvalue weighted by Gasteiger charge is 2.27. The summed E-state index contributed by atoms with van der Waals surface area (Å²) in [6, 6.07) is 18.5. The fraction of sp³-hybridized carbons (Fsp3) is 0.200. The third-order valence-corrected chi connectivity index (χ3v) is 6.67. The van der Waals surface area contributed by atoms with Crippen LogP contribution in [0, 0.1) is 20.8 Å². The van der Waals surface area contributed by atoms with Crippen molar-refractivity contribution in [1.29, 1.82) is 0 Å². The van der Waals surface area contributed by atoms with Gasteiger partial charge in [-0.25, -0.2) is 8.42 Å². The summed E-state index contributed by atoms with van der Waals surface area (Å²) in [7, 11) is -3.99. The second-order valence-electron chi connectivity index (χ2n) is 7.98. The molecule has 0 saturated carbocycles. The molecule has 33 heavy (non-hydrogen) atoms. The number of sulfonamides is 1. The van der Waals surface area contributed by atoms with Crippen LogP contribution >= 0.6 is 0 Å². The van der Waals surface area contributed by atoms with E-state index in [2.05, 4.69) is 10.6 Å². The summed E-state index contributed by atoms with van der Waals surface area (Å²) in [6.45, 7) is 6.65. The minimum Gasteiger partial charge on any atom is -0.326 e. The van der Waals surface area contributed by atoms with Crippen LogP contribution in [0.5, 0.6) is 0 Å². The molecule has 2 N–H and O–H groups in total. The number of hydrogen-bond donors (Lipinski definition) is 2. The molecule has 0 saturated heterocycles. The molecule has 0 heterocycles. The molecule has 2 amide bonds. The first-order valence-corrected chi connectivity index (χ1v) is 11.8. The first kappa shape index (κ1) is 24.0. The van der Waals surface area contributed by atoms with Crippen LogP contribution in [0.4, 0.5) is 17.1 Å². The summed E-state index contributed by atoms with van der Waals surface area (Å²) in [6.07, 6.45) is 0. The van der Waals surface area contributed by atoms with Crippen LogP contribution in [0.25, 0.3) is 0 Å². The lowest BCUT2D eigenvalue weighted by Gasteiger charge is -2.25. The quantitative estimate of drug-likeness (QED) is 0.540. The fourth-order valence-electron chi connectivity index (χ4n) is 3.42. The third-order valence-electron chi connectivity index (χ3n) is 4.88. The van der Waals surface area contributed by atoms with Crippen LogP contribution in [0.3, 0.4) is 0 Å². The van der Waals surface area contributed by atoms with E-state index in [1.54, 1.807) is 60.7 Å². The van der Waals surface area contributed by atoms with Gasteiger partial charge in [0.2, 0.25) is 11.8 Å². The molecular weight excluding hydrogens is 438 g/mol. The van der Waals surface area contributed by atoms with E-state index in [4.69, 9.17) is 0 Å². The monoisotopic (exact) mass is 465 g/mol. The first-order valence-electron chi connectivity index (χ1n) is 10.4. The van der Waals surface area contributed by atoms with Gasteiger partial charge in [-0.05, 0) is 80.4 Å². The maximum Gasteiger partial charge on any atom is 0.264 e. The van der Waals surface area contributed by atoms with Gasteiger partial charge in [0, 0.05) is 18.3 Å². The van der Waals surface area contributed by atoms with Crippen molar-refractivity contribution in [2.45, 2.75) is 32.6 Å². The van der Waals surface area contributed by atoms with Crippen molar-refractivity contribution >= 4 is 38.9 Å². The number of rotatable bonds is 7. The Hall–Kier alpha value is -3.65. The summed E-state index contributed by atoms with van der Waals surface area (Å²) in [4.78, 5) is 24.2. The third kappa shape index (κ3) is 6.20. The van der Waals surface area contributed by atoms with Crippen LogP contribution in [0.1, 0.15) is 23.6 Å². The van der Waals surface area contributed by atoms with E-state index in [0.717, 1.165) is 21.0 Å². The average molecular weight is 466 g/mol. The molecule has 3 aromatic carbocycles. The number of nitrogens with zero attached hydrogens (tertiary/aromatic N) is 1. The topological polar surface area (TPSA) is 95.6 Å². The number of carbonyl (C=O) groups excluding carboxylic acids is 2. The minimum atomic E-state index is -3.99. The van der Waals surface area contributed by atoms with E-state index in [0.29, 0.717) is 17.1 Å². The zero-order valence-corrected chi connectivity index (χ0v) is 19.9. The molecule has 0 aromatic heterocycles. The van der Waals surface area contributed by atoms with Gasteiger partial charge in [0.05, 0.1) is 10.6 Å². The molecular formula is C25H27N3O4S. The van der Waals surface area contributed by atoms with E-state index in [1.807, 2.05) is 26.8 Å². The Labute approximate surface area is 194 Å². The van der Waals surface area contributed by atoms with Crippen LogP contribution in [0.15, 0.2) is 71.6 Å². The second kappa shape index (κ2) is 9.87. The first-order chi connectivity index (χ1) is 15.5. The zero-order chi connectivity index (χ0) is 24.2. The van der Waals surface area contributed by atoms with E-state index in [9.17, 15) is 18.0 Å². The SMILES string of the molecule is CC(=O)Nc1ccc(NC(=O)CN(c2cc(C)cc(C)c2)S(=O)(=O)c2ccc(C)cc2)cc1. The lowest BCUT2D eigenvalue weighted by Crippen LogP contribution is -2.38. The van der Waals surface area contributed by atoms with Gasteiger partial charge in [-0.3, -0.25) is 13.9 Å². The van der Waals surface area contributed by atoms with Crippen molar-refractivity contribution in [2.75, 3.05) is 21.5 Å². The average Bonchev–Trinajstić information content (AvgIpc) is 2.72. The van der Waals surface area contributed by atoms with Gasteiger partial charge < -0.3 is 10.6 Å². The maximum atomic E-state index is 13.5. The predicted octanol–water partition coefficient (Wildman–Crippen LogP) is 4.40. The molecule has 3 rings (SSSR count).